The fourth-order valence-electron chi connectivity index (χ4n) is 7.75. The van der Waals surface area contributed by atoms with E-state index in [-0.39, 0.29) is 11.4 Å². The fourth-order valence-corrected chi connectivity index (χ4v) is 11.6. The smallest absolute Gasteiger partial charge is 0.296 e. The van der Waals surface area contributed by atoms with Crippen molar-refractivity contribution in [3.63, 3.8) is 0 Å². The molecule has 0 spiro atoms. The first-order chi connectivity index (χ1) is 38.9. The molecule has 0 bridgehead atoms. The van der Waals surface area contributed by atoms with Crippen molar-refractivity contribution in [3.05, 3.63) is 152 Å². The van der Waals surface area contributed by atoms with Gasteiger partial charge in [-0.1, -0.05) is 24.3 Å². The number of rotatable bonds is 16. The van der Waals surface area contributed by atoms with Crippen molar-refractivity contribution in [1.29, 1.82) is 0 Å². The zero-order valence-corrected chi connectivity index (χ0v) is 45.8. The number of fused-ring (bicyclic) bond motifs is 2. The first-order valence-corrected chi connectivity index (χ1v) is 30.8. The van der Waals surface area contributed by atoms with Gasteiger partial charge < -0.3 is 10.2 Å². The molecule has 32 nitrogen and oxygen atoms in total. The lowest BCUT2D eigenvalue weighted by Crippen LogP contribution is -2.28. The Morgan fingerprint density at radius 1 is 0.393 bits per heavy atom. The Morgan fingerprint density at radius 3 is 1.06 bits per heavy atom. The molecular weight excluding hydrogens is 1240 g/mol. The standard InChI is InChI=1S/C46H32N8O24S6/c55-27-7-9-31(35(57)17-27)49-51-33-19-29(79(61,62)63)11-23-13-39(83(73,74)75)43(45(59)41(23)33)53-47-25-5-3-21(37(15-25)81(67,68)69)1-2-22-4-6-26(16-38(22)82(70,71)72)48-54-44-40(84(76,77)78)14-24-12-30(80(64,65)66)20-34(42(24)46(44)60)52-50-32-10-8-28(56)18-36(32)58/h1-20,47-48,51-52,57-58H,(H,61,62,63)(H,64,65,66)(H,67,68,69)(H,70,71,72)(H,73,74,75)(H,76,77,78)/b2-1+,49-31+,50-32+,53-43-,54-44+. The van der Waals surface area contributed by atoms with Crippen molar-refractivity contribution in [2.45, 2.75) is 19.6 Å². The van der Waals surface area contributed by atoms with Crippen LogP contribution in [0, 0.1) is 0 Å². The zero-order valence-electron chi connectivity index (χ0n) is 40.9. The summed E-state index contributed by atoms with van der Waals surface area (Å²) in [6, 6.07) is 7.84. The molecule has 0 atom stereocenters. The van der Waals surface area contributed by atoms with Crippen LogP contribution in [-0.4, -0.2) is 134 Å². The zero-order chi connectivity index (χ0) is 61.8. The molecule has 38 heteroatoms. The second kappa shape index (κ2) is 22.1. The third-order valence-corrected chi connectivity index (χ3v) is 16.7. The van der Waals surface area contributed by atoms with E-state index in [0.717, 1.165) is 72.9 Å². The summed E-state index contributed by atoms with van der Waals surface area (Å²) in [7, 11) is -31.8. The second-order valence-corrected chi connectivity index (χ2v) is 25.5. The van der Waals surface area contributed by atoms with Crippen molar-refractivity contribution in [2.75, 3.05) is 21.7 Å². The van der Waals surface area contributed by atoms with Crippen LogP contribution < -0.4 is 21.7 Å². The van der Waals surface area contributed by atoms with Gasteiger partial charge in [0.15, 0.2) is 23.0 Å². The van der Waals surface area contributed by atoms with Gasteiger partial charge in [0.05, 0.1) is 43.7 Å². The number of carbonyl (C=O) groups is 4. The topological polar surface area (TPSA) is 533 Å². The third kappa shape index (κ3) is 13.3. The van der Waals surface area contributed by atoms with Gasteiger partial charge in [-0.25, -0.2) is 0 Å². The molecule has 0 aliphatic heterocycles. The molecular formula is C46H32N8O24S6. The van der Waals surface area contributed by atoms with Crippen molar-refractivity contribution in [2.24, 2.45) is 20.4 Å². The number of anilines is 4. The van der Waals surface area contributed by atoms with Crippen LogP contribution in [0.5, 0.6) is 0 Å². The number of allylic oxidation sites excluding steroid dienone is 8. The average molecular weight is 1270 g/mol. The summed E-state index contributed by atoms with van der Waals surface area (Å²) in [6.45, 7) is 0. The maximum Gasteiger partial charge on any atom is 0.296 e. The molecule has 0 amide bonds. The molecule has 12 N–H and O–H groups in total. The first-order valence-electron chi connectivity index (χ1n) is 22.2. The second-order valence-electron chi connectivity index (χ2n) is 17.1. The quantitative estimate of drug-likeness (QED) is 0.0331. The number of benzene rings is 4. The molecule has 0 saturated carbocycles. The average Bonchev–Trinajstić information content (AvgIpc) is 1.04. The number of ketones is 4. The van der Waals surface area contributed by atoms with Gasteiger partial charge in [-0.2, -0.15) is 70.9 Å². The summed E-state index contributed by atoms with van der Waals surface area (Å²) in [4.78, 5) is 45.0. The van der Waals surface area contributed by atoms with E-state index < -0.39 is 192 Å². The molecule has 4 aromatic carbocycles. The predicted octanol–water partition coefficient (Wildman–Crippen LogP) is 3.33. The lowest BCUT2D eigenvalue weighted by atomic mass is 9.93. The molecule has 0 saturated heterocycles. The summed E-state index contributed by atoms with van der Waals surface area (Å²) in [6.07, 6.45) is 8.39. The third-order valence-electron chi connectivity index (χ3n) is 11.5. The van der Waals surface area contributed by atoms with Crippen LogP contribution in [0.1, 0.15) is 43.0 Å². The Labute approximate surface area is 471 Å². The van der Waals surface area contributed by atoms with Gasteiger partial charge in [-0.05, 0) is 107 Å². The summed E-state index contributed by atoms with van der Waals surface area (Å²) >= 11 is 0. The van der Waals surface area contributed by atoms with Gasteiger partial charge >= 0.3 is 0 Å². The summed E-state index contributed by atoms with van der Waals surface area (Å²) in [5.74, 6) is -5.46. The molecule has 0 heterocycles. The SMILES string of the molecule is O=C1C=C/C(=N\Nc2cc(S(=O)(=O)O)cc3c2C(=O)/C(=N/Nc2ccc(/C=C/c4ccc(N/N=C5\C(=O)c6c(cc(S(=O)(=O)O)cc6N/N=C6\C=CC(=O)C=C6O)C=C5S(=O)(=O)O)cc4S(=O)(=O)O)c(S(=O)(=O)O)c2)C(S(=O)(=O)O)=C3)C(O)=C1. The monoisotopic (exact) mass is 1270 g/mol. The number of nitrogens with one attached hydrogen (secondary N) is 4. The number of Topliss-reactive ketones (excluding diaryl/α,β-unsaturated/α-hetero) is 2. The minimum absolute atomic E-state index is 0.333. The van der Waals surface area contributed by atoms with Crippen LogP contribution in [0.15, 0.2) is 158 Å². The van der Waals surface area contributed by atoms with Crippen molar-refractivity contribution >= 4 is 154 Å². The minimum atomic E-state index is -5.47. The maximum absolute atomic E-state index is 14.1. The summed E-state index contributed by atoms with van der Waals surface area (Å²) in [5.41, 5.74) is 0.648. The van der Waals surface area contributed by atoms with Crippen LogP contribution in [0.4, 0.5) is 22.7 Å². The van der Waals surface area contributed by atoms with Gasteiger partial charge in [0, 0.05) is 12.2 Å². The van der Waals surface area contributed by atoms with Crippen LogP contribution in [0.2, 0.25) is 0 Å². The molecule has 436 valence electrons. The fraction of sp³-hybridized carbons (Fsp3) is 0. The number of hydrogen-bond donors (Lipinski definition) is 12. The highest BCUT2D eigenvalue weighted by molar-refractivity contribution is 7.91. The summed E-state index contributed by atoms with van der Waals surface area (Å²) in [5, 5.41) is 35.4. The molecule has 0 radical (unpaired) electrons. The van der Waals surface area contributed by atoms with Gasteiger partial charge in [-0.15, -0.1) is 0 Å². The largest absolute Gasteiger partial charge is 0.505 e. The van der Waals surface area contributed by atoms with Gasteiger partial charge in [0.1, 0.15) is 42.5 Å². The van der Waals surface area contributed by atoms with Crippen LogP contribution in [0.3, 0.4) is 0 Å². The Hall–Kier alpha value is -9.32. The Kier molecular flexibility index (Phi) is 16.0. The van der Waals surface area contributed by atoms with Gasteiger partial charge in [0.25, 0.3) is 60.7 Å². The van der Waals surface area contributed by atoms with E-state index in [4.69, 9.17) is 0 Å². The highest BCUT2D eigenvalue weighted by Crippen LogP contribution is 2.36. The lowest BCUT2D eigenvalue weighted by Gasteiger charge is -2.20. The Bertz CT molecular complexity index is 4500. The molecule has 8 rings (SSSR count). The normalized spacial score (nSPS) is 17.9. The van der Waals surface area contributed by atoms with Crippen molar-refractivity contribution in [1.82, 2.24) is 0 Å². The number of carbonyl (C=O) groups excluding carboxylic acids is 4. The molecule has 0 unspecified atom stereocenters. The maximum atomic E-state index is 14.1. The van der Waals surface area contributed by atoms with Crippen molar-refractivity contribution < 1.29 is 107 Å². The van der Waals surface area contributed by atoms with Crippen LogP contribution in [-0.2, 0) is 70.3 Å². The lowest BCUT2D eigenvalue weighted by molar-refractivity contribution is -0.111. The molecule has 4 aliphatic rings. The van der Waals surface area contributed by atoms with E-state index in [9.17, 15) is 107 Å². The van der Waals surface area contributed by atoms with E-state index in [1.165, 1.54) is 0 Å². The number of hydrazone groups is 4. The number of hydrogen-bond acceptors (Lipinski definition) is 26. The molecule has 84 heavy (non-hydrogen) atoms. The Balaban J connectivity index is 1.11. The van der Waals surface area contributed by atoms with E-state index in [2.05, 4.69) is 42.1 Å². The van der Waals surface area contributed by atoms with Crippen molar-refractivity contribution in [3.8, 4) is 0 Å². The first kappa shape index (κ1) is 60.8. The molecule has 4 aromatic rings. The number of aliphatic hydroxyl groups excluding tert-OH is 2. The van der Waals surface area contributed by atoms with E-state index >= 15 is 0 Å². The number of nitrogens with zero attached hydrogens (tertiary/aromatic N) is 4. The minimum Gasteiger partial charge on any atom is -0.505 e. The molecule has 0 fully saturated rings. The van der Waals surface area contributed by atoms with Crippen LogP contribution >= 0.6 is 0 Å². The Morgan fingerprint density at radius 2 is 0.750 bits per heavy atom. The van der Waals surface area contributed by atoms with Gasteiger partial charge in [-0.3, -0.25) is 68.2 Å². The highest BCUT2D eigenvalue weighted by Gasteiger charge is 2.38. The van der Waals surface area contributed by atoms with E-state index in [1.54, 1.807) is 0 Å². The molecule has 4 aliphatic carbocycles. The predicted molar refractivity (Wildman–Crippen MR) is 296 cm³/mol. The number of aliphatic hydroxyl groups is 2. The molecule has 0 aromatic heterocycles. The van der Waals surface area contributed by atoms with E-state index in [0.29, 0.717) is 48.6 Å². The summed E-state index contributed by atoms with van der Waals surface area (Å²) < 4.78 is 211. The highest BCUT2D eigenvalue weighted by atomic mass is 32.2. The van der Waals surface area contributed by atoms with Crippen LogP contribution in [0.25, 0.3) is 24.3 Å². The van der Waals surface area contributed by atoms with E-state index in [1.807, 2.05) is 0 Å². The van der Waals surface area contributed by atoms with Gasteiger partial charge in [0.2, 0.25) is 11.6 Å².